The van der Waals surface area contributed by atoms with E-state index < -0.39 is 0 Å². The van der Waals surface area contributed by atoms with Gasteiger partial charge in [-0.3, -0.25) is 0 Å². The molecule has 1 nitrogen and oxygen atoms in total. The SMILES string of the molecule is CCCCCC(NC1CCCCC1C)c1ccccc1. The molecule has 1 aromatic rings. The molecule has 0 heterocycles. The monoisotopic (exact) mass is 273 g/mol. The van der Waals surface area contributed by atoms with Crippen molar-refractivity contribution < 1.29 is 0 Å². The number of benzene rings is 1. The topological polar surface area (TPSA) is 12.0 Å². The minimum atomic E-state index is 0.549. The van der Waals surface area contributed by atoms with Gasteiger partial charge in [-0.25, -0.2) is 0 Å². The van der Waals surface area contributed by atoms with Crippen molar-refractivity contribution in [2.24, 2.45) is 5.92 Å². The molecule has 112 valence electrons. The summed E-state index contributed by atoms with van der Waals surface area (Å²) in [6.45, 7) is 4.71. The quantitative estimate of drug-likeness (QED) is 0.649. The summed E-state index contributed by atoms with van der Waals surface area (Å²) in [6.07, 6.45) is 10.9. The second kappa shape index (κ2) is 8.46. The molecule has 0 aromatic heterocycles. The van der Waals surface area contributed by atoms with Gasteiger partial charge in [-0.2, -0.15) is 0 Å². The van der Waals surface area contributed by atoms with Gasteiger partial charge in [-0.05, 0) is 30.7 Å². The zero-order chi connectivity index (χ0) is 14.2. The first kappa shape index (κ1) is 15.6. The normalized spacial score (nSPS) is 24.5. The highest BCUT2D eigenvalue weighted by Crippen LogP contribution is 2.28. The number of unbranched alkanes of at least 4 members (excludes halogenated alkanes) is 2. The van der Waals surface area contributed by atoms with Gasteiger partial charge in [0.2, 0.25) is 0 Å². The first-order valence-electron chi connectivity index (χ1n) is 8.62. The number of hydrogen-bond acceptors (Lipinski definition) is 1. The molecule has 3 atom stereocenters. The maximum Gasteiger partial charge on any atom is 0.0322 e. The standard InChI is InChI=1S/C19H31N/c1-3-4-6-15-19(17-12-7-5-8-13-17)20-18-14-10-9-11-16(18)2/h5,7-8,12-13,16,18-20H,3-4,6,9-11,14-15H2,1-2H3. The van der Waals surface area contributed by atoms with E-state index in [2.05, 4.69) is 49.5 Å². The van der Waals surface area contributed by atoms with E-state index in [0.717, 1.165) is 12.0 Å². The van der Waals surface area contributed by atoms with Gasteiger partial charge in [-0.15, -0.1) is 0 Å². The third-order valence-electron chi connectivity index (χ3n) is 4.83. The van der Waals surface area contributed by atoms with Gasteiger partial charge in [0.15, 0.2) is 0 Å². The Morgan fingerprint density at radius 1 is 1.10 bits per heavy atom. The molecule has 2 rings (SSSR count). The van der Waals surface area contributed by atoms with Crippen molar-refractivity contribution in [3.63, 3.8) is 0 Å². The molecule has 1 aromatic carbocycles. The minimum absolute atomic E-state index is 0.549. The molecule has 1 heteroatoms. The fraction of sp³-hybridized carbons (Fsp3) is 0.684. The average Bonchev–Trinajstić information content (AvgIpc) is 2.49. The second-order valence-electron chi connectivity index (χ2n) is 6.49. The van der Waals surface area contributed by atoms with Crippen LogP contribution in [0.3, 0.4) is 0 Å². The molecule has 1 aliphatic rings. The van der Waals surface area contributed by atoms with Gasteiger partial charge in [0.05, 0.1) is 0 Å². The van der Waals surface area contributed by atoms with E-state index >= 15 is 0 Å². The molecule has 1 aliphatic carbocycles. The molecule has 3 unspecified atom stereocenters. The van der Waals surface area contributed by atoms with Gasteiger partial charge in [0, 0.05) is 12.1 Å². The van der Waals surface area contributed by atoms with Gasteiger partial charge in [-0.1, -0.05) is 76.3 Å². The maximum atomic E-state index is 3.98. The average molecular weight is 273 g/mol. The highest BCUT2D eigenvalue weighted by molar-refractivity contribution is 5.19. The predicted octanol–water partition coefficient (Wildman–Crippen LogP) is 5.48. The van der Waals surface area contributed by atoms with Crippen LogP contribution in [0.4, 0.5) is 0 Å². The summed E-state index contributed by atoms with van der Waals surface area (Å²) in [5.74, 6) is 0.834. The van der Waals surface area contributed by atoms with E-state index in [1.54, 1.807) is 0 Å². The Morgan fingerprint density at radius 2 is 1.85 bits per heavy atom. The molecule has 1 saturated carbocycles. The van der Waals surface area contributed by atoms with Crippen LogP contribution in [0.15, 0.2) is 30.3 Å². The van der Waals surface area contributed by atoms with Crippen molar-refractivity contribution >= 4 is 0 Å². The molecule has 0 bridgehead atoms. The molecule has 0 spiro atoms. The highest BCUT2D eigenvalue weighted by atomic mass is 15.0. The highest BCUT2D eigenvalue weighted by Gasteiger charge is 2.24. The van der Waals surface area contributed by atoms with Crippen LogP contribution in [0, 0.1) is 5.92 Å². The summed E-state index contributed by atoms with van der Waals surface area (Å²) in [6, 6.07) is 12.3. The van der Waals surface area contributed by atoms with Crippen molar-refractivity contribution in [2.45, 2.75) is 77.3 Å². The molecule has 20 heavy (non-hydrogen) atoms. The van der Waals surface area contributed by atoms with Crippen molar-refractivity contribution in [3.05, 3.63) is 35.9 Å². The van der Waals surface area contributed by atoms with E-state index in [4.69, 9.17) is 0 Å². The Kier molecular flexibility index (Phi) is 6.59. The van der Waals surface area contributed by atoms with Crippen molar-refractivity contribution in [1.82, 2.24) is 5.32 Å². The third kappa shape index (κ3) is 4.63. The largest absolute Gasteiger partial charge is 0.307 e. The summed E-state index contributed by atoms with van der Waals surface area (Å²) in [5, 5.41) is 3.98. The molecule has 1 N–H and O–H groups in total. The molecule has 0 saturated heterocycles. The minimum Gasteiger partial charge on any atom is -0.307 e. The fourth-order valence-corrected chi connectivity index (χ4v) is 3.45. The van der Waals surface area contributed by atoms with Crippen molar-refractivity contribution in [2.75, 3.05) is 0 Å². The lowest BCUT2D eigenvalue weighted by molar-refractivity contribution is 0.252. The van der Waals surface area contributed by atoms with E-state index in [1.165, 1.54) is 56.9 Å². The Hall–Kier alpha value is -0.820. The van der Waals surface area contributed by atoms with Crippen LogP contribution in [0.2, 0.25) is 0 Å². The lowest BCUT2D eigenvalue weighted by atomic mass is 9.84. The smallest absolute Gasteiger partial charge is 0.0322 e. The third-order valence-corrected chi connectivity index (χ3v) is 4.83. The van der Waals surface area contributed by atoms with Gasteiger partial charge >= 0.3 is 0 Å². The Labute approximate surface area is 125 Å². The molecule has 1 fully saturated rings. The summed E-state index contributed by atoms with van der Waals surface area (Å²) in [7, 11) is 0. The van der Waals surface area contributed by atoms with Crippen molar-refractivity contribution in [3.8, 4) is 0 Å². The fourth-order valence-electron chi connectivity index (χ4n) is 3.45. The second-order valence-corrected chi connectivity index (χ2v) is 6.49. The molecular weight excluding hydrogens is 242 g/mol. The summed E-state index contributed by atoms with van der Waals surface area (Å²) in [4.78, 5) is 0. The number of hydrogen-bond donors (Lipinski definition) is 1. The molecular formula is C19H31N. The van der Waals surface area contributed by atoms with E-state index in [0.29, 0.717) is 6.04 Å². The predicted molar refractivity (Wildman–Crippen MR) is 87.9 cm³/mol. The molecule has 0 amide bonds. The number of rotatable bonds is 7. The van der Waals surface area contributed by atoms with Crippen molar-refractivity contribution in [1.29, 1.82) is 0 Å². The van der Waals surface area contributed by atoms with Crippen LogP contribution < -0.4 is 5.32 Å². The van der Waals surface area contributed by atoms with Gasteiger partial charge in [0.25, 0.3) is 0 Å². The molecule has 0 aliphatic heterocycles. The zero-order valence-electron chi connectivity index (χ0n) is 13.3. The zero-order valence-corrected chi connectivity index (χ0v) is 13.3. The first-order valence-corrected chi connectivity index (χ1v) is 8.62. The maximum absolute atomic E-state index is 3.98. The summed E-state index contributed by atoms with van der Waals surface area (Å²) < 4.78 is 0. The van der Waals surface area contributed by atoms with E-state index in [-0.39, 0.29) is 0 Å². The van der Waals surface area contributed by atoms with Gasteiger partial charge in [0.1, 0.15) is 0 Å². The van der Waals surface area contributed by atoms with Crippen LogP contribution in [0.1, 0.15) is 76.8 Å². The number of nitrogens with one attached hydrogen (secondary N) is 1. The Morgan fingerprint density at radius 3 is 2.55 bits per heavy atom. The molecule has 0 radical (unpaired) electrons. The lowest BCUT2D eigenvalue weighted by Gasteiger charge is -2.33. The first-order chi connectivity index (χ1) is 9.81. The lowest BCUT2D eigenvalue weighted by Crippen LogP contribution is -2.39. The Bertz CT molecular complexity index is 359. The Balaban J connectivity index is 1.98. The summed E-state index contributed by atoms with van der Waals surface area (Å²) in [5.41, 5.74) is 1.47. The van der Waals surface area contributed by atoms with E-state index in [1.807, 2.05) is 0 Å². The van der Waals surface area contributed by atoms with Crippen LogP contribution in [0.5, 0.6) is 0 Å². The van der Waals surface area contributed by atoms with Crippen LogP contribution in [0.25, 0.3) is 0 Å². The van der Waals surface area contributed by atoms with E-state index in [9.17, 15) is 0 Å². The van der Waals surface area contributed by atoms with Gasteiger partial charge < -0.3 is 5.32 Å². The van der Waals surface area contributed by atoms with Crippen LogP contribution in [-0.4, -0.2) is 6.04 Å². The van der Waals surface area contributed by atoms with Crippen LogP contribution >= 0.6 is 0 Å². The van der Waals surface area contributed by atoms with Crippen LogP contribution in [-0.2, 0) is 0 Å². The summed E-state index contributed by atoms with van der Waals surface area (Å²) >= 11 is 0.